The molecule has 0 aliphatic rings. The molecule has 2 aromatic rings. The molecule has 0 radical (unpaired) electrons. The average Bonchev–Trinajstić information content (AvgIpc) is 2.49. The number of nitrogens with one attached hydrogen (secondary N) is 1. The summed E-state index contributed by atoms with van der Waals surface area (Å²) in [5.41, 5.74) is 1.65. The Labute approximate surface area is 125 Å². The lowest BCUT2D eigenvalue weighted by molar-refractivity contribution is 0.462. The van der Waals surface area contributed by atoms with Crippen LogP contribution in [0.25, 0.3) is 0 Å². The van der Waals surface area contributed by atoms with Crippen molar-refractivity contribution < 1.29 is 8.42 Å². The molecule has 1 heterocycles. The minimum absolute atomic E-state index is 0.249. The van der Waals surface area contributed by atoms with E-state index in [4.69, 9.17) is 0 Å². The minimum Gasteiger partial charge on any atom is -0.316 e. The molecule has 5 nitrogen and oxygen atoms in total. The number of sulfonamides is 1. The summed E-state index contributed by atoms with van der Waals surface area (Å²) in [7, 11) is -0.120. The molecule has 1 N–H and O–H groups in total. The Morgan fingerprint density at radius 3 is 2.67 bits per heavy atom. The molecule has 0 fully saturated rings. The number of benzene rings is 1. The average molecular weight is 305 g/mol. The maximum absolute atomic E-state index is 12.6. The van der Waals surface area contributed by atoms with E-state index in [-0.39, 0.29) is 6.54 Å². The zero-order valence-electron chi connectivity index (χ0n) is 12.2. The summed E-state index contributed by atoms with van der Waals surface area (Å²) in [6, 6.07) is 12.4. The van der Waals surface area contributed by atoms with Gasteiger partial charge in [0.05, 0.1) is 17.1 Å². The molecule has 0 aliphatic carbocycles. The monoisotopic (exact) mass is 305 g/mol. The van der Waals surface area contributed by atoms with E-state index in [2.05, 4.69) is 10.3 Å². The quantitative estimate of drug-likeness (QED) is 0.881. The molecule has 21 heavy (non-hydrogen) atoms. The molecule has 112 valence electrons. The minimum atomic E-state index is -3.51. The lowest BCUT2D eigenvalue weighted by Crippen LogP contribution is -2.27. The largest absolute Gasteiger partial charge is 0.316 e. The van der Waals surface area contributed by atoms with E-state index in [0.29, 0.717) is 11.4 Å². The number of rotatable bonds is 6. The molecule has 0 saturated carbocycles. The first-order valence-corrected chi connectivity index (χ1v) is 8.08. The van der Waals surface area contributed by atoms with E-state index in [1.807, 2.05) is 25.2 Å². The molecule has 0 amide bonds. The van der Waals surface area contributed by atoms with Crippen LogP contribution in [0, 0.1) is 0 Å². The summed E-state index contributed by atoms with van der Waals surface area (Å²) >= 11 is 0. The highest BCUT2D eigenvalue weighted by Crippen LogP contribution is 2.17. The van der Waals surface area contributed by atoms with Crippen molar-refractivity contribution in [2.75, 3.05) is 14.1 Å². The summed E-state index contributed by atoms with van der Waals surface area (Å²) in [4.78, 5) is 4.46. The lowest BCUT2D eigenvalue weighted by atomic mass is 10.2. The highest BCUT2D eigenvalue weighted by molar-refractivity contribution is 7.89. The maximum atomic E-state index is 12.6. The van der Waals surface area contributed by atoms with Gasteiger partial charge in [0.2, 0.25) is 10.0 Å². The summed E-state index contributed by atoms with van der Waals surface area (Å²) in [5, 5.41) is 3.01. The number of nitrogens with zero attached hydrogens (tertiary/aromatic N) is 2. The Hall–Kier alpha value is -1.76. The topological polar surface area (TPSA) is 62.3 Å². The molecule has 0 spiro atoms. The second-order valence-electron chi connectivity index (χ2n) is 4.76. The van der Waals surface area contributed by atoms with Crippen molar-refractivity contribution in [3.8, 4) is 0 Å². The van der Waals surface area contributed by atoms with Gasteiger partial charge in [-0.3, -0.25) is 4.98 Å². The Balaban J connectivity index is 2.22. The molecule has 0 saturated heterocycles. The third-order valence-electron chi connectivity index (χ3n) is 3.10. The molecule has 1 aromatic heterocycles. The van der Waals surface area contributed by atoms with Gasteiger partial charge in [0.25, 0.3) is 0 Å². The van der Waals surface area contributed by atoms with E-state index in [0.717, 1.165) is 11.3 Å². The summed E-state index contributed by atoms with van der Waals surface area (Å²) < 4.78 is 26.5. The summed E-state index contributed by atoms with van der Waals surface area (Å²) in [6.07, 6.45) is 1.66. The van der Waals surface area contributed by atoms with Crippen LogP contribution in [0.1, 0.15) is 11.3 Å². The number of pyridine rings is 1. The van der Waals surface area contributed by atoms with Gasteiger partial charge in [0.1, 0.15) is 0 Å². The molecular formula is C15H19N3O2S. The third-order valence-corrected chi connectivity index (χ3v) is 4.90. The van der Waals surface area contributed by atoms with Gasteiger partial charge in [-0.25, -0.2) is 8.42 Å². The van der Waals surface area contributed by atoms with Gasteiger partial charge >= 0.3 is 0 Å². The maximum Gasteiger partial charge on any atom is 0.243 e. The standard InChI is InChI=1S/C15H19N3O2S/c1-16-11-13-6-5-8-15(10-13)21(19,20)18(2)12-14-7-3-4-9-17-14/h3-10,16H,11-12H2,1-2H3. The summed E-state index contributed by atoms with van der Waals surface area (Å²) in [6.45, 7) is 0.882. The van der Waals surface area contributed by atoms with Crippen molar-refractivity contribution in [3.05, 3.63) is 59.9 Å². The van der Waals surface area contributed by atoms with Gasteiger partial charge in [0.15, 0.2) is 0 Å². The zero-order valence-corrected chi connectivity index (χ0v) is 13.0. The fourth-order valence-corrected chi connectivity index (χ4v) is 3.22. The Morgan fingerprint density at radius 1 is 1.19 bits per heavy atom. The van der Waals surface area contributed by atoms with Gasteiger partial charge in [-0.1, -0.05) is 18.2 Å². The molecule has 1 aromatic carbocycles. The predicted octanol–water partition coefficient (Wildman–Crippen LogP) is 1.62. The highest BCUT2D eigenvalue weighted by Gasteiger charge is 2.21. The van der Waals surface area contributed by atoms with Crippen molar-refractivity contribution in [1.82, 2.24) is 14.6 Å². The lowest BCUT2D eigenvalue weighted by Gasteiger charge is -2.17. The Morgan fingerprint density at radius 2 is 2.00 bits per heavy atom. The van der Waals surface area contributed by atoms with Gasteiger partial charge in [-0.2, -0.15) is 4.31 Å². The molecule has 6 heteroatoms. The fourth-order valence-electron chi connectivity index (χ4n) is 2.00. The first-order chi connectivity index (χ1) is 10.0. The molecule has 2 rings (SSSR count). The van der Waals surface area contributed by atoms with Gasteiger partial charge in [0, 0.05) is 19.8 Å². The van der Waals surface area contributed by atoms with Crippen molar-refractivity contribution in [2.45, 2.75) is 18.0 Å². The zero-order chi connectivity index (χ0) is 15.3. The third kappa shape index (κ3) is 3.87. The van der Waals surface area contributed by atoms with Crippen LogP contribution in [0.2, 0.25) is 0 Å². The predicted molar refractivity (Wildman–Crippen MR) is 82.1 cm³/mol. The van der Waals surface area contributed by atoms with Crippen molar-refractivity contribution >= 4 is 10.0 Å². The molecule has 0 bridgehead atoms. The van der Waals surface area contributed by atoms with E-state index in [9.17, 15) is 8.42 Å². The number of hydrogen-bond donors (Lipinski definition) is 1. The van der Waals surface area contributed by atoms with Crippen LogP contribution >= 0.6 is 0 Å². The van der Waals surface area contributed by atoms with Crippen LogP contribution < -0.4 is 5.32 Å². The SMILES string of the molecule is CNCc1cccc(S(=O)(=O)N(C)Cc2ccccn2)c1. The van der Waals surface area contributed by atoms with E-state index < -0.39 is 10.0 Å². The van der Waals surface area contributed by atoms with Crippen molar-refractivity contribution in [2.24, 2.45) is 0 Å². The second kappa shape index (κ2) is 6.80. The molecular weight excluding hydrogens is 286 g/mol. The van der Waals surface area contributed by atoms with Crippen LogP contribution in [-0.4, -0.2) is 31.8 Å². The Bertz CT molecular complexity index is 687. The normalized spacial score (nSPS) is 11.8. The molecule has 0 unspecified atom stereocenters. The van der Waals surface area contributed by atoms with Crippen molar-refractivity contribution in [3.63, 3.8) is 0 Å². The van der Waals surface area contributed by atoms with Crippen molar-refractivity contribution in [1.29, 1.82) is 0 Å². The second-order valence-corrected chi connectivity index (χ2v) is 6.80. The fraction of sp³-hybridized carbons (Fsp3) is 0.267. The smallest absolute Gasteiger partial charge is 0.243 e. The van der Waals surface area contributed by atoms with Gasteiger partial charge in [-0.05, 0) is 36.9 Å². The van der Waals surface area contributed by atoms with Crippen LogP contribution in [-0.2, 0) is 23.1 Å². The first-order valence-electron chi connectivity index (χ1n) is 6.64. The van der Waals surface area contributed by atoms with E-state index in [1.54, 1.807) is 37.5 Å². The van der Waals surface area contributed by atoms with Crippen LogP contribution in [0.3, 0.4) is 0 Å². The number of aromatic nitrogens is 1. The van der Waals surface area contributed by atoms with Crippen LogP contribution in [0.15, 0.2) is 53.6 Å². The first kappa shape index (κ1) is 15.6. The van der Waals surface area contributed by atoms with Crippen LogP contribution in [0.4, 0.5) is 0 Å². The molecule has 0 atom stereocenters. The highest BCUT2D eigenvalue weighted by atomic mass is 32.2. The van der Waals surface area contributed by atoms with Gasteiger partial charge < -0.3 is 5.32 Å². The van der Waals surface area contributed by atoms with Gasteiger partial charge in [-0.15, -0.1) is 0 Å². The van der Waals surface area contributed by atoms with E-state index >= 15 is 0 Å². The van der Waals surface area contributed by atoms with E-state index in [1.165, 1.54) is 4.31 Å². The molecule has 0 aliphatic heterocycles. The Kier molecular flexibility index (Phi) is 5.06. The van der Waals surface area contributed by atoms with Crippen LogP contribution in [0.5, 0.6) is 0 Å². The summed E-state index contributed by atoms with van der Waals surface area (Å²) in [5.74, 6) is 0. The number of hydrogen-bond acceptors (Lipinski definition) is 4.